The molecule has 0 aliphatic carbocycles. The summed E-state index contributed by atoms with van der Waals surface area (Å²) < 4.78 is 44.6. The largest absolute Gasteiger partial charge is 0.490 e. The standard InChI is InChI=1S/C48H48Cl4O18/c1-26-18-31(42(49)53)39(32(19-26)43(50)54)68-15-11-64-8-9-65-12-16-69-40-33(44(51)55)23-30(24-34(40)45(52)56)5-4-29-22-28(3)38(37(25-29)48(61)62)67-14-10-63-6-7-66-13-17-70-41-35(46(57)58)20-27(2)21-36(41)47(59)60/h18-25H,4-17H2,1-3H3,(H,57,58)(H,59,60)(H,61,62). The van der Waals surface area contributed by atoms with Crippen molar-refractivity contribution < 1.29 is 86.8 Å². The molecule has 0 atom stereocenters. The molecule has 18 nitrogen and oxygen atoms in total. The third kappa shape index (κ3) is 16.9. The maximum absolute atomic E-state index is 12.5. The van der Waals surface area contributed by atoms with Gasteiger partial charge in [-0.05, 0) is 150 Å². The number of carbonyl (C=O) groups excluding carboxylic acids is 4. The van der Waals surface area contributed by atoms with Gasteiger partial charge in [-0.2, -0.15) is 0 Å². The number of aryl methyl sites for hydroxylation is 5. The van der Waals surface area contributed by atoms with Crippen molar-refractivity contribution in [2.24, 2.45) is 0 Å². The van der Waals surface area contributed by atoms with E-state index < -0.39 is 38.9 Å². The Kier molecular flexibility index (Phi) is 22.8. The fraction of sp³-hybridized carbons (Fsp3) is 0.354. The molecule has 0 aliphatic heterocycles. The van der Waals surface area contributed by atoms with E-state index in [0.717, 1.165) is 0 Å². The zero-order chi connectivity index (χ0) is 51.5. The van der Waals surface area contributed by atoms with Gasteiger partial charge in [0.05, 0.1) is 75.1 Å². The van der Waals surface area contributed by atoms with Crippen molar-refractivity contribution in [2.45, 2.75) is 33.6 Å². The van der Waals surface area contributed by atoms with E-state index >= 15 is 0 Å². The first-order valence-corrected chi connectivity index (χ1v) is 22.7. The Labute approximate surface area is 421 Å². The lowest BCUT2D eigenvalue weighted by Crippen LogP contribution is -2.16. The average molecular weight is 1050 g/mol. The van der Waals surface area contributed by atoms with E-state index in [9.17, 15) is 48.9 Å². The van der Waals surface area contributed by atoms with Crippen LogP contribution < -0.4 is 18.9 Å². The van der Waals surface area contributed by atoms with Crippen LogP contribution >= 0.6 is 46.4 Å². The fourth-order valence-electron chi connectivity index (χ4n) is 6.83. The molecule has 0 fully saturated rings. The zero-order valence-electron chi connectivity index (χ0n) is 38.0. The third-order valence-corrected chi connectivity index (χ3v) is 10.6. The summed E-state index contributed by atoms with van der Waals surface area (Å²) in [5.41, 5.74) is 1.80. The molecular formula is C48H48Cl4O18. The summed E-state index contributed by atoms with van der Waals surface area (Å²) >= 11 is 23.2. The summed E-state index contributed by atoms with van der Waals surface area (Å²) in [6.45, 7) is 5.32. The lowest BCUT2D eigenvalue weighted by molar-refractivity contribution is 0.0267. The normalized spacial score (nSPS) is 11.0. The SMILES string of the molecule is Cc1cc(C(=O)O)c(OCCOCCOCCOc2c(C)cc(CCc3cc(C(=O)Cl)c(OCCOCCOCCOc4c(C(=O)Cl)cc(C)cc4C(=O)Cl)c(C(=O)Cl)c3)cc2C(=O)O)c(C(=O)O)c1. The number of benzene rings is 4. The summed E-state index contributed by atoms with van der Waals surface area (Å²) in [7, 11) is 0. The molecule has 4 aromatic carbocycles. The lowest BCUT2D eigenvalue weighted by Gasteiger charge is -2.16. The predicted octanol–water partition coefficient (Wildman–Crippen LogP) is 7.99. The van der Waals surface area contributed by atoms with Crippen LogP contribution in [0.3, 0.4) is 0 Å². The van der Waals surface area contributed by atoms with Gasteiger partial charge in [-0.1, -0.05) is 6.07 Å². The Balaban J connectivity index is 1.22. The number of hydrogen-bond acceptors (Lipinski definition) is 15. The van der Waals surface area contributed by atoms with E-state index in [-0.39, 0.29) is 154 Å². The van der Waals surface area contributed by atoms with Crippen LogP contribution in [0, 0.1) is 20.8 Å². The first-order chi connectivity index (χ1) is 33.3. The highest BCUT2D eigenvalue weighted by Gasteiger charge is 2.24. The second kappa shape index (κ2) is 28.1. The summed E-state index contributed by atoms with van der Waals surface area (Å²) in [5, 5.41) is 25.5. The molecule has 0 radical (unpaired) electrons. The molecule has 3 N–H and O–H groups in total. The van der Waals surface area contributed by atoms with Crippen molar-refractivity contribution in [3.8, 4) is 23.0 Å². The second-order valence-electron chi connectivity index (χ2n) is 15.0. The number of hydrogen-bond donors (Lipinski definition) is 3. The minimum atomic E-state index is -1.33. The maximum atomic E-state index is 12.5. The van der Waals surface area contributed by atoms with Gasteiger partial charge in [0.25, 0.3) is 21.0 Å². The Morgan fingerprint density at radius 3 is 0.929 bits per heavy atom. The van der Waals surface area contributed by atoms with Crippen LogP contribution in [0.1, 0.15) is 100 Å². The highest BCUT2D eigenvalue weighted by molar-refractivity contribution is 6.70. The van der Waals surface area contributed by atoms with Crippen molar-refractivity contribution in [1.29, 1.82) is 0 Å². The number of rotatable bonds is 32. The highest BCUT2D eigenvalue weighted by atomic mass is 35.5. The molecule has 0 aliphatic rings. The van der Waals surface area contributed by atoms with Crippen LogP contribution in [-0.4, -0.2) is 133 Å². The number of aromatic carboxylic acids is 3. The molecule has 0 aromatic heterocycles. The minimum Gasteiger partial charge on any atom is -0.490 e. The summed E-state index contributed by atoms with van der Waals surface area (Å²) in [6.07, 6.45) is 0.523. The molecule has 4 aromatic rings. The summed E-state index contributed by atoms with van der Waals surface area (Å²) in [5.74, 6) is -4.21. The summed E-state index contributed by atoms with van der Waals surface area (Å²) in [6, 6.07) is 11.7. The maximum Gasteiger partial charge on any atom is 0.339 e. The smallest absolute Gasteiger partial charge is 0.339 e. The van der Waals surface area contributed by atoms with Crippen LogP contribution in [0.5, 0.6) is 23.0 Å². The molecule has 22 heteroatoms. The monoisotopic (exact) mass is 1050 g/mol. The molecule has 0 unspecified atom stereocenters. The number of carboxylic acids is 3. The number of carboxylic acid groups (broad SMARTS) is 3. The van der Waals surface area contributed by atoms with Crippen LogP contribution in [0.4, 0.5) is 0 Å². The first-order valence-electron chi connectivity index (χ1n) is 21.2. The van der Waals surface area contributed by atoms with E-state index in [0.29, 0.717) is 27.8 Å². The molecule has 4 rings (SSSR count). The van der Waals surface area contributed by atoms with E-state index in [4.69, 9.17) is 84.3 Å². The highest BCUT2D eigenvalue weighted by Crippen LogP contribution is 2.32. The third-order valence-electron chi connectivity index (χ3n) is 9.83. The minimum absolute atomic E-state index is 0.00199. The van der Waals surface area contributed by atoms with Gasteiger partial charge in [0, 0.05) is 0 Å². The van der Waals surface area contributed by atoms with Crippen LogP contribution in [0.15, 0.2) is 48.5 Å². The first kappa shape index (κ1) is 56.8. The van der Waals surface area contributed by atoms with Gasteiger partial charge in [0.15, 0.2) is 0 Å². The van der Waals surface area contributed by atoms with Gasteiger partial charge in [0.1, 0.15) is 66.1 Å². The van der Waals surface area contributed by atoms with Crippen molar-refractivity contribution in [3.05, 3.63) is 115 Å². The van der Waals surface area contributed by atoms with E-state index in [1.807, 2.05) is 0 Å². The van der Waals surface area contributed by atoms with E-state index in [2.05, 4.69) is 0 Å². The molecular weight excluding hydrogens is 1010 g/mol. The molecule has 0 spiro atoms. The molecule has 0 bridgehead atoms. The molecule has 0 saturated heterocycles. The topological polar surface area (TPSA) is 254 Å². The van der Waals surface area contributed by atoms with Crippen LogP contribution in [0.25, 0.3) is 0 Å². The van der Waals surface area contributed by atoms with Gasteiger partial charge in [-0.3, -0.25) is 19.2 Å². The number of carbonyl (C=O) groups is 7. The Hall–Kier alpha value is -5.83. The van der Waals surface area contributed by atoms with Gasteiger partial charge in [-0.25, -0.2) is 14.4 Å². The number of ether oxygens (including phenoxy) is 8. The van der Waals surface area contributed by atoms with Gasteiger partial charge >= 0.3 is 17.9 Å². The van der Waals surface area contributed by atoms with Gasteiger partial charge in [-0.15, -0.1) is 0 Å². The predicted molar refractivity (Wildman–Crippen MR) is 254 cm³/mol. The zero-order valence-corrected chi connectivity index (χ0v) is 41.0. The average Bonchev–Trinajstić information content (AvgIpc) is 3.29. The molecule has 0 amide bonds. The van der Waals surface area contributed by atoms with Crippen molar-refractivity contribution in [2.75, 3.05) is 79.3 Å². The van der Waals surface area contributed by atoms with Crippen LogP contribution in [-0.2, 0) is 31.8 Å². The van der Waals surface area contributed by atoms with Crippen molar-refractivity contribution in [1.82, 2.24) is 0 Å². The van der Waals surface area contributed by atoms with Gasteiger partial charge < -0.3 is 53.2 Å². The molecule has 0 heterocycles. The summed E-state index contributed by atoms with van der Waals surface area (Å²) in [4.78, 5) is 84.4. The molecule has 0 saturated carbocycles. The molecule has 376 valence electrons. The Morgan fingerprint density at radius 1 is 0.357 bits per heavy atom. The number of halogens is 4. The second-order valence-corrected chi connectivity index (χ2v) is 16.4. The van der Waals surface area contributed by atoms with E-state index in [1.54, 1.807) is 26.8 Å². The fourth-order valence-corrected chi connectivity index (χ4v) is 7.40. The Bertz CT molecular complexity index is 2470. The van der Waals surface area contributed by atoms with Gasteiger partial charge in [0.2, 0.25) is 0 Å². The van der Waals surface area contributed by atoms with Crippen molar-refractivity contribution >= 4 is 85.3 Å². The lowest BCUT2D eigenvalue weighted by atomic mass is 9.97. The quantitative estimate of drug-likeness (QED) is 0.0309. The van der Waals surface area contributed by atoms with Crippen molar-refractivity contribution in [3.63, 3.8) is 0 Å². The van der Waals surface area contributed by atoms with Crippen LogP contribution in [0.2, 0.25) is 0 Å². The van der Waals surface area contributed by atoms with E-state index in [1.165, 1.54) is 42.5 Å². The molecule has 70 heavy (non-hydrogen) atoms. The Morgan fingerprint density at radius 2 is 0.600 bits per heavy atom.